The van der Waals surface area contributed by atoms with Crippen molar-refractivity contribution in [3.8, 4) is 5.69 Å². The van der Waals surface area contributed by atoms with Gasteiger partial charge < -0.3 is 19.5 Å². The fraction of sp³-hybridized carbons (Fsp3) is 0.611. The van der Waals surface area contributed by atoms with Crippen molar-refractivity contribution in [3.63, 3.8) is 0 Å². The van der Waals surface area contributed by atoms with Crippen molar-refractivity contribution in [3.05, 3.63) is 57.7 Å². The molecule has 4 heterocycles. The molecule has 0 radical (unpaired) electrons. The van der Waals surface area contributed by atoms with Gasteiger partial charge in [-0.2, -0.15) is 0 Å². The summed E-state index contributed by atoms with van der Waals surface area (Å²) >= 11 is 6.70. The quantitative estimate of drug-likeness (QED) is 0.359. The van der Waals surface area contributed by atoms with E-state index in [0.717, 1.165) is 31.2 Å². The third-order valence-electron chi connectivity index (χ3n) is 10.3. The van der Waals surface area contributed by atoms with Crippen molar-refractivity contribution >= 4 is 34.6 Å². The number of aliphatic hydroxyl groups is 1. The molecular formula is C36H46ClN5O6. The lowest BCUT2D eigenvalue weighted by atomic mass is 9.89. The summed E-state index contributed by atoms with van der Waals surface area (Å²) in [7, 11) is 0. The number of aromatic nitrogens is 3. The van der Waals surface area contributed by atoms with Crippen molar-refractivity contribution in [2.75, 3.05) is 26.2 Å². The zero-order valence-corrected chi connectivity index (χ0v) is 29.0. The van der Waals surface area contributed by atoms with Gasteiger partial charge >= 0.3 is 6.09 Å². The first-order valence-electron chi connectivity index (χ1n) is 17.3. The molecule has 2 aliphatic carbocycles. The van der Waals surface area contributed by atoms with Crippen LogP contribution in [0.3, 0.4) is 0 Å². The van der Waals surface area contributed by atoms with E-state index < -0.39 is 11.2 Å². The molecule has 2 aromatic heterocycles. The van der Waals surface area contributed by atoms with Gasteiger partial charge in [0.2, 0.25) is 5.91 Å². The van der Waals surface area contributed by atoms with Gasteiger partial charge in [0.15, 0.2) is 5.65 Å². The Hall–Kier alpha value is -3.41. The summed E-state index contributed by atoms with van der Waals surface area (Å²) in [6.45, 7) is 9.32. The third kappa shape index (κ3) is 6.73. The molecule has 4 fully saturated rings. The Morgan fingerprint density at radius 1 is 1.10 bits per heavy atom. The molecule has 2 amide bonds. The SMILES string of the molecule is C[C@H]1CN(C(=O)OC(C)(C)C)[C@H](c2ccc(-n3c(Cl)cc4c(=O)n(CC5(O)CCN(C(=O)C(C6CC6)C6CC6)CC5)cnc43)cc2)CO1. The molecule has 3 aromatic rings. The number of rotatable bonds is 7. The van der Waals surface area contributed by atoms with Crippen molar-refractivity contribution in [1.29, 1.82) is 0 Å². The van der Waals surface area contributed by atoms with E-state index in [1.165, 1.54) is 10.9 Å². The molecule has 2 atom stereocenters. The first-order chi connectivity index (χ1) is 22.8. The van der Waals surface area contributed by atoms with Gasteiger partial charge in [-0.1, -0.05) is 23.7 Å². The molecule has 4 aliphatic rings. The van der Waals surface area contributed by atoms with Gasteiger partial charge in [0.25, 0.3) is 5.56 Å². The fourth-order valence-corrected chi connectivity index (χ4v) is 7.71. The van der Waals surface area contributed by atoms with E-state index >= 15 is 0 Å². The lowest BCUT2D eigenvalue weighted by Gasteiger charge is -2.39. The molecule has 1 aromatic carbocycles. The van der Waals surface area contributed by atoms with Crippen LogP contribution < -0.4 is 5.56 Å². The van der Waals surface area contributed by atoms with Crippen molar-refractivity contribution in [2.45, 2.75) is 96.1 Å². The van der Waals surface area contributed by atoms with Crippen LogP contribution in [0.5, 0.6) is 0 Å². The second kappa shape index (κ2) is 12.5. The first-order valence-corrected chi connectivity index (χ1v) is 17.7. The summed E-state index contributed by atoms with van der Waals surface area (Å²) in [4.78, 5) is 48.3. The maximum Gasteiger partial charge on any atom is 0.410 e. The second-order valence-electron chi connectivity index (χ2n) is 15.4. The van der Waals surface area contributed by atoms with Crippen LogP contribution in [0.25, 0.3) is 16.7 Å². The maximum absolute atomic E-state index is 13.7. The van der Waals surface area contributed by atoms with Gasteiger partial charge in [0, 0.05) is 24.7 Å². The van der Waals surface area contributed by atoms with Crippen LogP contribution in [0, 0.1) is 17.8 Å². The molecule has 2 saturated heterocycles. The van der Waals surface area contributed by atoms with Gasteiger partial charge in [0.05, 0.1) is 42.8 Å². The number of ether oxygens (including phenoxy) is 2. The summed E-state index contributed by atoms with van der Waals surface area (Å²) in [5, 5.41) is 12.2. The van der Waals surface area contributed by atoms with E-state index in [1.54, 1.807) is 15.5 Å². The third-order valence-corrected chi connectivity index (χ3v) is 10.6. The normalized spacial score (nSPS) is 23.1. The highest BCUT2D eigenvalue weighted by Gasteiger charge is 2.48. The molecule has 258 valence electrons. The van der Waals surface area contributed by atoms with Crippen LogP contribution in [0.15, 0.2) is 41.5 Å². The van der Waals surface area contributed by atoms with E-state index in [0.29, 0.717) is 72.8 Å². The minimum atomic E-state index is -1.11. The highest BCUT2D eigenvalue weighted by atomic mass is 35.5. The number of nitrogens with zero attached hydrogens (tertiary/aromatic N) is 5. The Kier molecular flexibility index (Phi) is 8.61. The van der Waals surface area contributed by atoms with E-state index in [-0.39, 0.29) is 42.2 Å². The number of carbonyl (C=O) groups excluding carboxylic acids is 2. The summed E-state index contributed by atoms with van der Waals surface area (Å²) in [5.41, 5.74) is 0.000895. The van der Waals surface area contributed by atoms with Gasteiger partial charge in [-0.05, 0) is 102 Å². The Balaban J connectivity index is 1.06. The number of piperidine rings is 1. The number of fused-ring (bicyclic) bond motifs is 1. The molecule has 2 aliphatic heterocycles. The van der Waals surface area contributed by atoms with Gasteiger partial charge in [0.1, 0.15) is 17.1 Å². The van der Waals surface area contributed by atoms with Crippen LogP contribution in [0.4, 0.5) is 4.79 Å². The Bertz CT molecular complexity index is 1730. The predicted molar refractivity (Wildman–Crippen MR) is 181 cm³/mol. The van der Waals surface area contributed by atoms with E-state index in [4.69, 9.17) is 21.1 Å². The Labute approximate surface area is 285 Å². The minimum absolute atomic E-state index is 0.0964. The number of morpholine rings is 1. The number of benzene rings is 1. The van der Waals surface area contributed by atoms with E-state index in [2.05, 4.69) is 4.98 Å². The van der Waals surface area contributed by atoms with E-state index in [1.807, 2.05) is 56.9 Å². The zero-order chi connectivity index (χ0) is 34.0. The van der Waals surface area contributed by atoms with Crippen molar-refractivity contribution < 1.29 is 24.2 Å². The number of halogens is 1. The standard InChI is InChI=1S/C36H46ClN5O6/c1-22-18-41(34(45)48-35(2,3)4)28(19-47-22)23-9-11-26(12-10-23)42-29(37)17-27-31(42)38-21-40(32(27)43)20-36(46)13-15-39(16-14-36)33(44)30(24-5-6-24)25-7-8-25/h9-12,17,21-22,24-25,28,30,46H,5-8,13-16,18-20H2,1-4H3/t22-,28-/m0/s1. The molecule has 12 heteroatoms. The lowest BCUT2D eigenvalue weighted by molar-refractivity contribution is -0.141. The van der Waals surface area contributed by atoms with Crippen molar-refractivity contribution in [2.24, 2.45) is 17.8 Å². The Morgan fingerprint density at radius 3 is 2.35 bits per heavy atom. The first kappa shape index (κ1) is 33.1. The monoisotopic (exact) mass is 679 g/mol. The molecule has 7 rings (SSSR count). The number of hydrogen-bond donors (Lipinski definition) is 1. The molecule has 11 nitrogen and oxygen atoms in total. The number of likely N-dealkylation sites (tertiary alicyclic amines) is 1. The average Bonchev–Trinajstić information content (AvgIpc) is 3.98. The van der Waals surface area contributed by atoms with Gasteiger partial charge in [-0.25, -0.2) is 9.78 Å². The smallest absolute Gasteiger partial charge is 0.410 e. The molecule has 48 heavy (non-hydrogen) atoms. The maximum atomic E-state index is 13.7. The highest BCUT2D eigenvalue weighted by molar-refractivity contribution is 6.31. The molecule has 1 N–H and O–H groups in total. The molecular weight excluding hydrogens is 634 g/mol. The molecule has 0 bridgehead atoms. The topological polar surface area (TPSA) is 119 Å². The largest absolute Gasteiger partial charge is 0.444 e. The van der Waals surface area contributed by atoms with E-state index in [9.17, 15) is 19.5 Å². The molecule has 0 unspecified atom stereocenters. The van der Waals surface area contributed by atoms with Crippen LogP contribution in [0.1, 0.15) is 77.8 Å². The Morgan fingerprint density at radius 2 is 1.75 bits per heavy atom. The molecule has 2 saturated carbocycles. The summed E-state index contributed by atoms with van der Waals surface area (Å²) in [5.74, 6) is 1.51. The minimum Gasteiger partial charge on any atom is -0.444 e. The second-order valence-corrected chi connectivity index (χ2v) is 15.7. The summed E-state index contributed by atoms with van der Waals surface area (Å²) in [6.07, 6.45) is 6.43. The van der Waals surface area contributed by atoms with Crippen molar-refractivity contribution in [1.82, 2.24) is 23.9 Å². The van der Waals surface area contributed by atoms with Crippen LogP contribution in [0.2, 0.25) is 5.15 Å². The number of carbonyl (C=O) groups is 2. The van der Waals surface area contributed by atoms with Crippen LogP contribution in [-0.2, 0) is 20.8 Å². The van der Waals surface area contributed by atoms with Gasteiger partial charge in [-0.3, -0.25) is 23.6 Å². The number of amides is 2. The van der Waals surface area contributed by atoms with Gasteiger partial charge in [-0.15, -0.1) is 0 Å². The average molecular weight is 680 g/mol. The van der Waals surface area contributed by atoms with Crippen LogP contribution >= 0.6 is 11.6 Å². The summed E-state index contributed by atoms with van der Waals surface area (Å²) < 4.78 is 14.8. The molecule has 0 spiro atoms. The highest BCUT2D eigenvalue weighted by Crippen LogP contribution is 2.50. The fourth-order valence-electron chi connectivity index (χ4n) is 7.42. The zero-order valence-electron chi connectivity index (χ0n) is 28.2. The van der Waals surface area contributed by atoms with Crippen LogP contribution in [-0.4, -0.2) is 84.6 Å². The summed E-state index contributed by atoms with van der Waals surface area (Å²) in [6, 6.07) is 8.90. The predicted octanol–water partition coefficient (Wildman–Crippen LogP) is 5.33. The lowest BCUT2D eigenvalue weighted by Crippen LogP contribution is -2.51. The number of hydrogen-bond acceptors (Lipinski definition) is 7.